The van der Waals surface area contributed by atoms with E-state index >= 15 is 0 Å². The second-order valence-corrected chi connectivity index (χ2v) is 38.9. The van der Waals surface area contributed by atoms with Crippen molar-refractivity contribution in [2.24, 2.45) is 0 Å². The molecule has 0 saturated heterocycles. The third-order valence-electron chi connectivity index (χ3n) is 28.2. The quantitative estimate of drug-likeness (QED) is 0.0951. The van der Waals surface area contributed by atoms with Crippen molar-refractivity contribution in [3.8, 4) is 134 Å². The molecule has 642 valence electrons. The van der Waals surface area contributed by atoms with Gasteiger partial charge in [-0.2, -0.15) is 0 Å². The van der Waals surface area contributed by atoms with E-state index in [2.05, 4.69) is 529 Å². The number of rotatable bonds is 15. The van der Waals surface area contributed by atoms with E-state index in [1.165, 1.54) is 105 Å². The van der Waals surface area contributed by atoms with Gasteiger partial charge in [-0.25, -0.2) is 0 Å². The summed E-state index contributed by atoms with van der Waals surface area (Å²) in [7, 11) is 0. The Balaban J connectivity index is 0.855. The predicted octanol–water partition coefficient (Wildman–Crippen LogP) is 33.5. The van der Waals surface area contributed by atoms with Crippen molar-refractivity contribution < 1.29 is 0 Å². The maximum absolute atomic E-state index is 2.76. The fraction of sp³-hybridized carbons (Fsp3) is 0.0769. The lowest BCUT2D eigenvalue weighted by molar-refractivity contribution is 0.590. The van der Waals surface area contributed by atoms with Crippen molar-refractivity contribution in [3.05, 3.63) is 477 Å². The van der Waals surface area contributed by atoms with Gasteiger partial charge in [-0.1, -0.05) is 374 Å². The molecule has 0 unspecified atom stereocenters. The summed E-state index contributed by atoms with van der Waals surface area (Å²) < 4.78 is 5.10. The summed E-state index contributed by atoms with van der Waals surface area (Å²) in [5, 5.41) is 4.82. The van der Waals surface area contributed by atoms with Crippen LogP contribution < -0.4 is 26.2 Å². The Morgan fingerprint density at radius 3 is 0.778 bits per heavy atom. The first-order chi connectivity index (χ1) is 66.0. The van der Waals surface area contributed by atoms with E-state index in [0.29, 0.717) is 0 Å². The molecule has 0 saturated carbocycles. The SMILES string of the molecule is Cc1ccc2c(c1)c1cc(-c3ccccc3)ccc1n2-c1ccc2c(c1)N(c1c(-c3ccccc3)cc(C(C)(C)C)cc1-c1cccc(-c3cccc(-c4ccccc4)c3)c1)c1cc(-c3ccccc3)cc3c1B2c1ccc(-n2c4ccc(C)cc4c4cc(-c5ccccc5)ccc42)cc1N3c1c(-c2ccccc2)cc(C(C)(C)C)cc1-c1cccc(-c2cccc(-c3ccccc3)c2)c1. The van der Waals surface area contributed by atoms with Crippen molar-refractivity contribution in [2.45, 2.75) is 66.2 Å². The molecule has 2 aromatic heterocycles. The maximum Gasteiger partial charge on any atom is 0.252 e. The molecule has 4 nitrogen and oxygen atoms in total. The minimum atomic E-state index is -0.362. The second kappa shape index (κ2) is 32.9. The first kappa shape index (κ1) is 81.9. The minimum absolute atomic E-state index is 0.299. The van der Waals surface area contributed by atoms with E-state index in [1.54, 1.807) is 0 Å². The van der Waals surface area contributed by atoms with E-state index in [0.717, 1.165) is 145 Å². The van der Waals surface area contributed by atoms with Gasteiger partial charge in [0.25, 0.3) is 6.71 Å². The Bertz CT molecular complexity index is 7960. The van der Waals surface area contributed by atoms with Crippen LogP contribution in [0.4, 0.5) is 34.1 Å². The number of anilines is 6. The molecular weight excluding hydrogens is 1630 g/mol. The molecule has 2 aliphatic rings. The summed E-state index contributed by atoms with van der Waals surface area (Å²) in [6, 6.07) is 173. The number of aryl methyl sites for hydroxylation is 2. The van der Waals surface area contributed by atoms with Crippen molar-refractivity contribution >= 4 is 101 Å². The third-order valence-corrected chi connectivity index (χ3v) is 28.2. The largest absolute Gasteiger partial charge is 0.310 e. The average molecular weight is 1730 g/mol. The van der Waals surface area contributed by atoms with Crippen LogP contribution in [-0.2, 0) is 10.8 Å². The molecule has 0 bridgehead atoms. The van der Waals surface area contributed by atoms with Gasteiger partial charge < -0.3 is 18.9 Å². The summed E-state index contributed by atoms with van der Waals surface area (Å²) >= 11 is 0. The Hall–Kier alpha value is -16.3. The van der Waals surface area contributed by atoms with E-state index in [9.17, 15) is 0 Å². The molecule has 0 N–H and O–H groups in total. The highest BCUT2D eigenvalue weighted by molar-refractivity contribution is 7.00. The van der Waals surface area contributed by atoms with Gasteiger partial charge in [-0.15, -0.1) is 0 Å². The lowest BCUT2D eigenvalue weighted by Gasteiger charge is -2.46. The smallest absolute Gasteiger partial charge is 0.252 e. The number of benzene rings is 20. The highest BCUT2D eigenvalue weighted by Gasteiger charge is 2.47. The summed E-state index contributed by atoms with van der Waals surface area (Å²) in [6.07, 6.45) is 0. The number of aromatic nitrogens is 2. The Kier molecular flexibility index (Phi) is 19.9. The second-order valence-electron chi connectivity index (χ2n) is 38.9. The molecule has 24 rings (SSSR count). The molecule has 0 radical (unpaired) electrons. The number of hydrogen-bond donors (Lipinski definition) is 0. The molecule has 5 heteroatoms. The molecule has 0 fully saturated rings. The summed E-state index contributed by atoms with van der Waals surface area (Å²) in [5.74, 6) is 0. The molecular formula is C130H99BN4. The third kappa shape index (κ3) is 14.5. The number of nitrogens with zero attached hydrogens (tertiary/aromatic N) is 4. The van der Waals surface area contributed by atoms with Crippen LogP contribution in [0.1, 0.15) is 63.8 Å². The van der Waals surface area contributed by atoms with Crippen molar-refractivity contribution in [1.29, 1.82) is 0 Å². The van der Waals surface area contributed by atoms with Gasteiger partial charge in [-0.05, 0) is 286 Å². The lowest BCUT2D eigenvalue weighted by Crippen LogP contribution is -2.61. The van der Waals surface area contributed by atoms with Gasteiger partial charge in [0.15, 0.2) is 0 Å². The molecule has 0 amide bonds. The van der Waals surface area contributed by atoms with Gasteiger partial charge in [0.2, 0.25) is 0 Å². The molecule has 0 aliphatic carbocycles. The summed E-state index contributed by atoms with van der Waals surface area (Å²) in [5.41, 5.74) is 46.1. The molecule has 135 heavy (non-hydrogen) atoms. The van der Waals surface area contributed by atoms with Crippen molar-refractivity contribution in [3.63, 3.8) is 0 Å². The Morgan fingerprint density at radius 1 is 0.193 bits per heavy atom. The molecule has 2 aliphatic heterocycles. The molecule has 0 spiro atoms. The van der Waals surface area contributed by atoms with Crippen LogP contribution in [0.5, 0.6) is 0 Å². The van der Waals surface area contributed by atoms with Crippen LogP contribution in [0.2, 0.25) is 0 Å². The first-order valence-corrected chi connectivity index (χ1v) is 47.4. The van der Waals surface area contributed by atoms with Crippen molar-refractivity contribution in [1.82, 2.24) is 9.13 Å². The van der Waals surface area contributed by atoms with Crippen LogP contribution in [-0.4, -0.2) is 15.8 Å². The van der Waals surface area contributed by atoms with Crippen molar-refractivity contribution in [2.75, 3.05) is 9.80 Å². The monoisotopic (exact) mass is 1730 g/mol. The molecule has 22 aromatic rings. The topological polar surface area (TPSA) is 16.3 Å². The van der Waals surface area contributed by atoms with Gasteiger partial charge in [0.05, 0.1) is 33.4 Å². The van der Waals surface area contributed by atoms with Crippen LogP contribution in [0.15, 0.2) is 455 Å². The van der Waals surface area contributed by atoms with Crippen LogP contribution in [0.3, 0.4) is 0 Å². The van der Waals surface area contributed by atoms with Crippen LogP contribution >= 0.6 is 0 Å². The zero-order valence-electron chi connectivity index (χ0n) is 77.2. The van der Waals surface area contributed by atoms with Gasteiger partial charge >= 0.3 is 0 Å². The molecule has 0 atom stereocenters. The highest BCUT2D eigenvalue weighted by Crippen LogP contribution is 2.57. The molecule has 20 aromatic carbocycles. The number of hydrogen-bond acceptors (Lipinski definition) is 2. The Morgan fingerprint density at radius 2 is 0.452 bits per heavy atom. The first-order valence-electron chi connectivity index (χ1n) is 47.4. The standard InChI is InChI=1S/C130H99BN4/c1-84-56-64-118-112(68-84)114-74-99(88-38-20-11-21-39-88)58-66-120(114)132(118)106-60-62-116-122(82-106)134(127-108(91-44-26-14-27-45-91)78-104(129(3,4)5)80-110(127)101-54-32-52-97(72-101)95-50-30-48-93(70-95)86-34-16-9-17-35-86)124-76-103(90-42-24-13-25-43-90)77-125-126(124)131(116)117-63-61-107(133-119-65-57-85(2)69-113(119)115-75-100(59-67-121(115)133)89-40-22-12-23-41-89)83-123(117)135(125)128-109(92-46-28-15-29-47-92)79-105(130(6,7)8)81-111(128)102-55-33-53-98(73-102)96-51-31-49-94(71-96)87-36-18-10-19-37-87/h9-83H,1-8H3. The minimum Gasteiger partial charge on any atom is -0.310 e. The molecule has 4 heterocycles. The Labute approximate surface area is 791 Å². The zero-order chi connectivity index (χ0) is 90.9. The van der Waals surface area contributed by atoms with Crippen LogP contribution in [0, 0.1) is 13.8 Å². The highest BCUT2D eigenvalue weighted by atomic mass is 15.2. The van der Waals surface area contributed by atoms with Gasteiger partial charge in [-0.3, -0.25) is 0 Å². The fourth-order valence-corrected chi connectivity index (χ4v) is 21.5. The zero-order valence-corrected chi connectivity index (χ0v) is 77.2. The van der Waals surface area contributed by atoms with Gasteiger partial charge in [0.1, 0.15) is 0 Å². The predicted molar refractivity (Wildman–Crippen MR) is 576 cm³/mol. The normalized spacial score (nSPS) is 12.4. The number of fused-ring (bicyclic) bond motifs is 10. The van der Waals surface area contributed by atoms with Crippen LogP contribution in [0.25, 0.3) is 177 Å². The van der Waals surface area contributed by atoms with E-state index in [-0.39, 0.29) is 17.5 Å². The fourth-order valence-electron chi connectivity index (χ4n) is 21.5. The van der Waals surface area contributed by atoms with E-state index in [1.807, 2.05) is 0 Å². The van der Waals surface area contributed by atoms with E-state index < -0.39 is 0 Å². The maximum atomic E-state index is 2.76. The summed E-state index contributed by atoms with van der Waals surface area (Å²) in [4.78, 5) is 5.52. The average Bonchev–Trinajstić information content (AvgIpc) is 1.26. The van der Waals surface area contributed by atoms with E-state index in [4.69, 9.17) is 0 Å². The summed E-state index contributed by atoms with van der Waals surface area (Å²) in [6.45, 7) is 18.4. The lowest BCUT2D eigenvalue weighted by atomic mass is 9.33. The van der Waals surface area contributed by atoms with Gasteiger partial charge in [0, 0.05) is 77.9 Å².